The van der Waals surface area contributed by atoms with Gasteiger partial charge < -0.3 is 20.0 Å². The number of hydrogen-bond donors (Lipinski definition) is 2. The van der Waals surface area contributed by atoms with Crippen LogP contribution in [0.5, 0.6) is 0 Å². The summed E-state index contributed by atoms with van der Waals surface area (Å²) in [5, 5.41) is 13.9. The van der Waals surface area contributed by atoms with Gasteiger partial charge in [0.2, 0.25) is 5.89 Å². The lowest BCUT2D eigenvalue weighted by atomic mass is 10.1. The molecule has 4 rings (SSSR count). The molecule has 1 aliphatic rings. The highest BCUT2D eigenvalue weighted by Gasteiger charge is 2.13. The van der Waals surface area contributed by atoms with Gasteiger partial charge in [-0.2, -0.15) is 0 Å². The van der Waals surface area contributed by atoms with Crippen LogP contribution in [-0.2, 0) is 0 Å². The zero-order chi connectivity index (χ0) is 20.8. The van der Waals surface area contributed by atoms with Crippen molar-refractivity contribution in [1.29, 1.82) is 0 Å². The van der Waals surface area contributed by atoms with Crippen LogP contribution in [0.4, 0.5) is 16.1 Å². The average Bonchev–Trinajstić information content (AvgIpc) is 3.44. The Labute approximate surface area is 186 Å². The minimum absolute atomic E-state index is 0. The van der Waals surface area contributed by atoms with Crippen molar-refractivity contribution in [3.05, 3.63) is 59.9 Å². The largest absolute Gasteiger partial charge is 0.403 e. The molecular weight excluding hydrogens is 421 g/mol. The summed E-state index contributed by atoms with van der Waals surface area (Å²) in [4.78, 5) is 14.7. The van der Waals surface area contributed by atoms with Gasteiger partial charge in [-0.05, 0) is 75.3 Å². The molecule has 164 valence electrons. The highest BCUT2D eigenvalue weighted by Crippen LogP contribution is 2.22. The first-order chi connectivity index (χ1) is 14.7. The lowest BCUT2D eigenvalue weighted by Gasteiger charge is -2.13. The number of likely N-dealkylation sites (tertiary alicyclic amines) is 1. The van der Waals surface area contributed by atoms with E-state index in [2.05, 4.69) is 25.7 Å². The molecule has 2 N–H and O–H groups in total. The van der Waals surface area contributed by atoms with Gasteiger partial charge in [0.1, 0.15) is 5.82 Å². The van der Waals surface area contributed by atoms with E-state index < -0.39 is 11.7 Å². The van der Waals surface area contributed by atoms with Gasteiger partial charge in [-0.1, -0.05) is 17.2 Å². The Balaban J connectivity index is 0.00000272. The maximum absolute atomic E-state index is 13.7. The topological polar surface area (TPSA) is 83.3 Å². The SMILES string of the molecule is Cl.O=C(Nc1ccc(-c2nnc(NCCCN3CCCC3)o2)cc1)c1ccccc1F. The van der Waals surface area contributed by atoms with Crippen molar-refractivity contribution in [2.75, 3.05) is 36.8 Å². The number of nitrogens with one attached hydrogen (secondary N) is 2. The molecular formula is C22H25ClFN5O2. The number of carbonyl (C=O) groups excluding carboxylic acids is 1. The van der Waals surface area contributed by atoms with Gasteiger partial charge in [0.05, 0.1) is 5.56 Å². The van der Waals surface area contributed by atoms with Crippen LogP contribution >= 0.6 is 12.4 Å². The number of nitrogens with zero attached hydrogens (tertiary/aromatic N) is 3. The number of hydrogen-bond acceptors (Lipinski definition) is 6. The van der Waals surface area contributed by atoms with E-state index in [1.807, 2.05) is 0 Å². The Bertz CT molecular complexity index is 990. The van der Waals surface area contributed by atoms with Crippen molar-refractivity contribution >= 4 is 30.0 Å². The van der Waals surface area contributed by atoms with Crippen LogP contribution in [0, 0.1) is 5.82 Å². The molecule has 9 heteroatoms. The monoisotopic (exact) mass is 445 g/mol. The lowest BCUT2D eigenvalue weighted by molar-refractivity contribution is 0.102. The summed E-state index contributed by atoms with van der Waals surface area (Å²) in [6, 6.07) is 13.2. The van der Waals surface area contributed by atoms with E-state index >= 15 is 0 Å². The van der Waals surface area contributed by atoms with Gasteiger partial charge in [0.25, 0.3) is 5.91 Å². The first-order valence-electron chi connectivity index (χ1n) is 10.1. The summed E-state index contributed by atoms with van der Waals surface area (Å²) >= 11 is 0. The summed E-state index contributed by atoms with van der Waals surface area (Å²) in [5.74, 6) is -0.666. The molecule has 1 fully saturated rings. The van der Waals surface area contributed by atoms with E-state index in [1.54, 1.807) is 36.4 Å². The van der Waals surface area contributed by atoms with Crippen LogP contribution in [0.3, 0.4) is 0 Å². The molecule has 0 spiro atoms. The van der Waals surface area contributed by atoms with Crippen molar-refractivity contribution < 1.29 is 13.6 Å². The molecule has 2 heterocycles. The number of carbonyl (C=O) groups is 1. The van der Waals surface area contributed by atoms with Crippen LogP contribution in [0.1, 0.15) is 29.6 Å². The number of amides is 1. The van der Waals surface area contributed by atoms with Crippen molar-refractivity contribution in [2.45, 2.75) is 19.3 Å². The second-order valence-electron chi connectivity index (χ2n) is 7.25. The van der Waals surface area contributed by atoms with Gasteiger partial charge in [0, 0.05) is 17.8 Å². The zero-order valence-electron chi connectivity index (χ0n) is 17.0. The fourth-order valence-electron chi connectivity index (χ4n) is 3.46. The van der Waals surface area contributed by atoms with Crippen LogP contribution in [0.25, 0.3) is 11.5 Å². The van der Waals surface area contributed by atoms with E-state index in [0.717, 1.165) is 25.1 Å². The van der Waals surface area contributed by atoms with E-state index in [4.69, 9.17) is 4.42 Å². The summed E-state index contributed by atoms with van der Waals surface area (Å²) in [5.41, 5.74) is 1.28. The highest BCUT2D eigenvalue weighted by atomic mass is 35.5. The molecule has 1 amide bonds. The van der Waals surface area contributed by atoms with Crippen molar-refractivity contribution in [1.82, 2.24) is 15.1 Å². The van der Waals surface area contributed by atoms with Gasteiger partial charge in [0.15, 0.2) is 0 Å². The minimum atomic E-state index is -0.557. The lowest BCUT2D eigenvalue weighted by Crippen LogP contribution is -2.22. The summed E-state index contributed by atoms with van der Waals surface area (Å²) in [6.07, 6.45) is 3.62. The van der Waals surface area contributed by atoms with Gasteiger partial charge in [-0.15, -0.1) is 17.5 Å². The molecule has 0 atom stereocenters. The predicted molar refractivity (Wildman–Crippen MR) is 120 cm³/mol. The Morgan fingerprint density at radius 2 is 1.81 bits per heavy atom. The Morgan fingerprint density at radius 1 is 1.06 bits per heavy atom. The van der Waals surface area contributed by atoms with E-state index in [1.165, 1.54) is 38.1 Å². The number of benzene rings is 2. The van der Waals surface area contributed by atoms with E-state index in [-0.39, 0.29) is 18.0 Å². The number of aromatic nitrogens is 2. The predicted octanol–water partition coefficient (Wildman–Crippen LogP) is 4.45. The third-order valence-electron chi connectivity index (χ3n) is 5.06. The third-order valence-corrected chi connectivity index (χ3v) is 5.06. The molecule has 0 radical (unpaired) electrons. The molecule has 0 unspecified atom stereocenters. The number of halogens is 2. The van der Waals surface area contributed by atoms with Crippen LogP contribution < -0.4 is 10.6 Å². The maximum atomic E-state index is 13.7. The van der Waals surface area contributed by atoms with Gasteiger partial charge in [-0.3, -0.25) is 4.79 Å². The highest BCUT2D eigenvalue weighted by molar-refractivity contribution is 6.04. The number of anilines is 2. The standard InChI is InChI=1S/C22H24FN5O2.ClH/c23-19-7-2-1-6-18(19)20(29)25-17-10-8-16(9-11-17)21-26-27-22(30-21)24-12-5-15-28-13-3-4-14-28;/h1-2,6-11H,3-5,12-15H2,(H,24,27)(H,25,29);1H. The molecule has 0 aliphatic carbocycles. The van der Waals surface area contributed by atoms with Crippen molar-refractivity contribution in [3.8, 4) is 11.5 Å². The normalized spacial score (nSPS) is 13.6. The van der Waals surface area contributed by atoms with Crippen LogP contribution in [0.2, 0.25) is 0 Å². The summed E-state index contributed by atoms with van der Waals surface area (Å²) in [7, 11) is 0. The second-order valence-corrected chi connectivity index (χ2v) is 7.25. The fourth-order valence-corrected chi connectivity index (χ4v) is 3.46. The molecule has 1 saturated heterocycles. The van der Waals surface area contributed by atoms with Crippen molar-refractivity contribution in [3.63, 3.8) is 0 Å². The Kier molecular flexibility index (Phi) is 7.97. The molecule has 3 aromatic rings. The second kappa shape index (κ2) is 10.9. The van der Waals surface area contributed by atoms with E-state index in [0.29, 0.717) is 17.6 Å². The smallest absolute Gasteiger partial charge is 0.315 e. The third kappa shape index (κ3) is 6.02. The molecule has 2 aromatic carbocycles. The van der Waals surface area contributed by atoms with E-state index in [9.17, 15) is 9.18 Å². The molecule has 0 bridgehead atoms. The molecule has 1 aliphatic heterocycles. The first kappa shape index (κ1) is 22.7. The summed E-state index contributed by atoms with van der Waals surface area (Å²) < 4.78 is 19.4. The van der Waals surface area contributed by atoms with Crippen LogP contribution in [0.15, 0.2) is 52.9 Å². The zero-order valence-corrected chi connectivity index (χ0v) is 17.8. The first-order valence-corrected chi connectivity index (χ1v) is 10.1. The average molecular weight is 446 g/mol. The molecule has 7 nitrogen and oxygen atoms in total. The number of rotatable bonds is 8. The molecule has 0 saturated carbocycles. The molecule has 31 heavy (non-hydrogen) atoms. The minimum Gasteiger partial charge on any atom is -0.403 e. The Morgan fingerprint density at radius 3 is 2.55 bits per heavy atom. The van der Waals surface area contributed by atoms with Crippen LogP contribution in [-0.4, -0.2) is 47.2 Å². The van der Waals surface area contributed by atoms with Gasteiger partial charge >= 0.3 is 6.01 Å². The summed E-state index contributed by atoms with van der Waals surface area (Å²) in [6.45, 7) is 4.25. The fraction of sp³-hybridized carbons (Fsp3) is 0.318. The molecule has 1 aromatic heterocycles. The Hall–Kier alpha value is -2.97. The quantitative estimate of drug-likeness (QED) is 0.498. The van der Waals surface area contributed by atoms with Crippen molar-refractivity contribution in [2.24, 2.45) is 0 Å². The maximum Gasteiger partial charge on any atom is 0.315 e. The van der Waals surface area contributed by atoms with Gasteiger partial charge in [-0.25, -0.2) is 4.39 Å².